The van der Waals surface area contributed by atoms with Crippen LogP contribution in [0.4, 0.5) is 11.4 Å². The van der Waals surface area contributed by atoms with Crippen LogP contribution in [0, 0.1) is 0 Å². The molecule has 0 aliphatic rings. The standard InChI is InChI=1S/C17H24N2O/c1-11(2)15-8-13(9-16(12(3)4)17(15)18)19-10-14-6-5-7-20-14/h5-9,11-12,19H,10,18H2,1-4H3. The summed E-state index contributed by atoms with van der Waals surface area (Å²) in [6.07, 6.45) is 1.69. The van der Waals surface area contributed by atoms with Gasteiger partial charge in [0.2, 0.25) is 0 Å². The lowest BCUT2D eigenvalue weighted by Gasteiger charge is -2.19. The van der Waals surface area contributed by atoms with E-state index in [1.54, 1.807) is 6.26 Å². The van der Waals surface area contributed by atoms with Crippen molar-refractivity contribution in [3.8, 4) is 0 Å². The molecule has 3 heteroatoms. The largest absolute Gasteiger partial charge is 0.467 e. The minimum Gasteiger partial charge on any atom is -0.467 e. The van der Waals surface area contributed by atoms with Crippen molar-refractivity contribution in [3.05, 3.63) is 47.4 Å². The lowest BCUT2D eigenvalue weighted by Crippen LogP contribution is -2.06. The fraction of sp³-hybridized carbons (Fsp3) is 0.412. The second-order valence-electron chi connectivity index (χ2n) is 5.81. The average molecular weight is 272 g/mol. The van der Waals surface area contributed by atoms with Crippen molar-refractivity contribution in [1.82, 2.24) is 0 Å². The van der Waals surface area contributed by atoms with Crippen LogP contribution in [0.15, 0.2) is 34.9 Å². The molecule has 0 atom stereocenters. The van der Waals surface area contributed by atoms with E-state index in [2.05, 4.69) is 45.1 Å². The Bertz CT molecular complexity index is 527. The fourth-order valence-electron chi connectivity index (χ4n) is 2.36. The zero-order chi connectivity index (χ0) is 14.7. The number of nitrogens with two attached hydrogens (primary N) is 1. The maximum atomic E-state index is 6.30. The van der Waals surface area contributed by atoms with E-state index in [9.17, 15) is 0 Å². The third-order valence-corrected chi connectivity index (χ3v) is 3.53. The summed E-state index contributed by atoms with van der Waals surface area (Å²) < 4.78 is 5.35. The van der Waals surface area contributed by atoms with E-state index < -0.39 is 0 Å². The number of anilines is 2. The molecular formula is C17H24N2O. The van der Waals surface area contributed by atoms with E-state index in [0.29, 0.717) is 18.4 Å². The van der Waals surface area contributed by atoms with Crippen LogP contribution in [0.2, 0.25) is 0 Å². The first kappa shape index (κ1) is 14.5. The molecule has 3 nitrogen and oxygen atoms in total. The molecule has 0 unspecified atom stereocenters. The first-order chi connectivity index (χ1) is 9.49. The zero-order valence-corrected chi connectivity index (χ0v) is 12.7. The molecule has 2 aromatic rings. The molecule has 1 aromatic heterocycles. The van der Waals surface area contributed by atoms with Crippen LogP contribution in [0.1, 0.15) is 56.4 Å². The van der Waals surface area contributed by atoms with Gasteiger partial charge in [-0.15, -0.1) is 0 Å². The average Bonchev–Trinajstić information content (AvgIpc) is 2.89. The summed E-state index contributed by atoms with van der Waals surface area (Å²) >= 11 is 0. The van der Waals surface area contributed by atoms with Crippen molar-refractivity contribution in [3.63, 3.8) is 0 Å². The van der Waals surface area contributed by atoms with Gasteiger partial charge < -0.3 is 15.5 Å². The smallest absolute Gasteiger partial charge is 0.122 e. The predicted octanol–water partition coefficient (Wildman–Crippen LogP) is 4.72. The third kappa shape index (κ3) is 3.16. The van der Waals surface area contributed by atoms with Crippen LogP contribution in [0.3, 0.4) is 0 Å². The van der Waals surface area contributed by atoms with Crippen LogP contribution in [-0.4, -0.2) is 0 Å². The summed E-state index contributed by atoms with van der Waals surface area (Å²) in [7, 11) is 0. The number of hydrogen-bond acceptors (Lipinski definition) is 3. The molecule has 2 rings (SSSR count). The number of nitrogen functional groups attached to an aromatic ring is 1. The van der Waals surface area contributed by atoms with Gasteiger partial charge in [0.15, 0.2) is 0 Å². The van der Waals surface area contributed by atoms with Gasteiger partial charge in [-0.05, 0) is 47.2 Å². The summed E-state index contributed by atoms with van der Waals surface area (Å²) in [6, 6.07) is 8.17. The second-order valence-corrected chi connectivity index (χ2v) is 5.81. The SMILES string of the molecule is CC(C)c1cc(NCc2ccco2)cc(C(C)C)c1N. The van der Waals surface area contributed by atoms with E-state index in [0.717, 1.165) is 17.1 Å². The van der Waals surface area contributed by atoms with Crippen molar-refractivity contribution in [1.29, 1.82) is 0 Å². The van der Waals surface area contributed by atoms with Crippen molar-refractivity contribution in [2.24, 2.45) is 0 Å². The monoisotopic (exact) mass is 272 g/mol. The summed E-state index contributed by atoms with van der Waals surface area (Å²) in [5.74, 6) is 1.76. The molecule has 0 bridgehead atoms. The fourth-order valence-corrected chi connectivity index (χ4v) is 2.36. The highest BCUT2D eigenvalue weighted by Gasteiger charge is 2.13. The summed E-state index contributed by atoms with van der Waals surface area (Å²) in [6.45, 7) is 9.38. The van der Waals surface area contributed by atoms with E-state index in [1.807, 2.05) is 12.1 Å². The van der Waals surface area contributed by atoms with Gasteiger partial charge in [-0.1, -0.05) is 27.7 Å². The number of hydrogen-bond donors (Lipinski definition) is 2. The Labute approximate surface area is 121 Å². The number of rotatable bonds is 5. The molecule has 0 fully saturated rings. The maximum absolute atomic E-state index is 6.30. The van der Waals surface area contributed by atoms with E-state index in [1.165, 1.54) is 11.1 Å². The van der Waals surface area contributed by atoms with Crippen molar-refractivity contribution in [2.75, 3.05) is 11.1 Å². The van der Waals surface area contributed by atoms with Gasteiger partial charge >= 0.3 is 0 Å². The normalized spacial score (nSPS) is 11.3. The molecule has 20 heavy (non-hydrogen) atoms. The van der Waals surface area contributed by atoms with E-state index in [4.69, 9.17) is 10.2 Å². The third-order valence-electron chi connectivity index (χ3n) is 3.53. The molecule has 0 aliphatic carbocycles. The number of nitrogens with one attached hydrogen (secondary N) is 1. The molecular weight excluding hydrogens is 248 g/mol. The molecule has 0 saturated carbocycles. The van der Waals surface area contributed by atoms with Crippen LogP contribution >= 0.6 is 0 Å². The van der Waals surface area contributed by atoms with E-state index in [-0.39, 0.29) is 0 Å². The van der Waals surface area contributed by atoms with Gasteiger partial charge in [-0.25, -0.2) is 0 Å². The molecule has 0 aliphatic heterocycles. The molecule has 108 valence electrons. The highest BCUT2D eigenvalue weighted by Crippen LogP contribution is 2.33. The van der Waals surface area contributed by atoms with Crippen LogP contribution in [0.25, 0.3) is 0 Å². The highest BCUT2D eigenvalue weighted by molar-refractivity contribution is 5.64. The quantitative estimate of drug-likeness (QED) is 0.774. The molecule has 0 radical (unpaired) electrons. The molecule has 1 aromatic carbocycles. The van der Waals surface area contributed by atoms with Crippen molar-refractivity contribution in [2.45, 2.75) is 46.1 Å². The van der Waals surface area contributed by atoms with Crippen LogP contribution < -0.4 is 11.1 Å². The second kappa shape index (κ2) is 6.04. The number of benzene rings is 1. The maximum Gasteiger partial charge on any atom is 0.122 e. The Balaban J connectivity index is 2.28. The van der Waals surface area contributed by atoms with Crippen molar-refractivity contribution < 1.29 is 4.42 Å². The number of furan rings is 1. The molecule has 0 saturated heterocycles. The predicted molar refractivity (Wildman–Crippen MR) is 85.1 cm³/mol. The highest BCUT2D eigenvalue weighted by atomic mass is 16.3. The minimum absolute atomic E-state index is 0.415. The Kier molecular flexibility index (Phi) is 4.38. The van der Waals surface area contributed by atoms with Crippen molar-refractivity contribution >= 4 is 11.4 Å². The van der Waals surface area contributed by atoms with Gasteiger partial charge in [-0.3, -0.25) is 0 Å². The Morgan fingerprint density at radius 2 is 1.70 bits per heavy atom. The van der Waals surface area contributed by atoms with E-state index >= 15 is 0 Å². The summed E-state index contributed by atoms with van der Waals surface area (Å²) in [5.41, 5.74) is 10.7. The Morgan fingerprint density at radius 1 is 1.10 bits per heavy atom. The van der Waals surface area contributed by atoms with Crippen LogP contribution in [-0.2, 0) is 6.54 Å². The Morgan fingerprint density at radius 3 is 2.15 bits per heavy atom. The zero-order valence-electron chi connectivity index (χ0n) is 12.7. The van der Waals surface area contributed by atoms with Crippen LogP contribution in [0.5, 0.6) is 0 Å². The van der Waals surface area contributed by atoms with Gasteiger partial charge in [0.05, 0.1) is 12.8 Å². The van der Waals surface area contributed by atoms with Gasteiger partial charge in [0, 0.05) is 11.4 Å². The lowest BCUT2D eigenvalue weighted by atomic mass is 9.92. The minimum atomic E-state index is 0.415. The first-order valence-corrected chi connectivity index (χ1v) is 7.18. The summed E-state index contributed by atoms with van der Waals surface area (Å²) in [4.78, 5) is 0. The topological polar surface area (TPSA) is 51.2 Å². The molecule has 0 amide bonds. The van der Waals surface area contributed by atoms with Gasteiger partial charge in [-0.2, -0.15) is 0 Å². The first-order valence-electron chi connectivity index (χ1n) is 7.18. The molecule has 0 spiro atoms. The molecule has 3 N–H and O–H groups in total. The molecule has 1 heterocycles. The Hall–Kier alpha value is -1.90. The summed E-state index contributed by atoms with van der Waals surface area (Å²) in [5, 5.41) is 3.42. The van der Waals surface area contributed by atoms with Gasteiger partial charge in [0.1, 0.15) is 5.76 Å². The lowest BCUT2D eigenvalue weighted by molar-refractivity contribution is 0.518. The van der Waals surface area contributed by atoms with Gasteiger partial charge in [0.25, 0.3) is 0 Å².